The van der Waals surface area contributed by atoms with Crippen LogP contribution in [0.3, 0.4) is 0 Å². The first-order valence-corrected chi connectivity index (χ1v) is 9.87. The monoisotopic (exact) mass is 357 g/mol. The Morgan fingerprint density at radius 3 is 2.19 bits per heavy atom. The van der Waals surface area contributed by atoms with E-state index in [1.807, 2.05) is 9.80 Å². The van der Waals surface area contributed by atoms with Crippen LogP contribution >= 0.6 is 0 Å². The fraction of sp³-hybridized carbons (Fsp3) is 0.619. The van der Waals surface area contributed by atoms with Gasteiger partial charge < -0.3 is 9.80 Å². The Bertz CT molecular complexity index is 645. The molecule has 2 aliphatic heterocycles. The third-order valence-corrected chi connectivity index (χ3v) is 5.65. The Labute approximate surface area is 156 Å². The van der Waals surface area contributed by atoms with Crippen molar-refractivity contribution in [3.05, 3.63) is 34.9 Å². The Balaban J connectivity index is 1.41. The minimum atomic E-state index is 0.232. The van der Waals surface area contributed by atoms with Crippen LogP contribution in [0.5, 0.6) is 0 Å². The zero-order valence-electron chi connectivity index (χ0n) is 16.2. The van der Waals surface area contributed by atoms with Gasteiger partial charge in [0.25, 0.3) is 0 Å². The summed E-state index contributed by atoms with van der Waals surface area (Å²) in [5.74, 6) is 0.479. The lowest BCUT2D eigenvalue weighted by atomic mass is 10.0. The van der Waals surface area contributed by atoms with Gasteiger partial charge in [-0.1, -0.05) is 23.8 Å². The Morgan fingerprint density at radius 2 is 1.54 bits per heavy atom. The second-order valence-electron chi connectivity index (χ2n) is 7.67. The van der Waals surface area contributed by atoms with Crippen LogP contribution in [0, 0.1) is 13.8 Å². The fourth-order valence-corrected chi connectivity index (χ4v) is 3.94. The summed E-state index contributed by atoms with van der Waals surface area (Å²) < 4.78 is 0. The van der Waals surface area contributed by atoms with Crippen LogP contribution in [-0.4, -0.2) is 72.3 Å². The molecule has 0 unspecified atom stereocenters. The summed E-state index contributed by atoms with van der Waals surface area (Å²) in [7, 11) is 0. The smallest absolute Gasteiger partial charge is 0.236 e. The summed E-state index contributed by atoms with van der Waals surface area (Å²) in [4.78, 5) is 30.9. The van der Waals surface area contributed by atoms with Gasteiger partial charge in [0, 0.05) is 45.7 Å². The molecule has 1 aromatic rings. The van der Waals surface area contributed by atoms with E-state index in [9.17, 15) is 9.59 Å². The molecule has 0 spiro atoms. The van der Waals surface area contributed by atoms with Crippen molar-refractivity contribution < 1.29 is 9.59 Å². The topological polar surface area (TPSA) is 43.9 Å². The molecular weight excluding hydrogens is 326 g/mol. The molecule has 0 radical (unpaired) electrons. The van der Waals surface area contributed by atoms with Gasteiger partial charge in [0.1, 0.15) is 0 Å². The van der Waals surface area contributed by atoms with E-state index in [4.69, 9.17) is 0 Å². The molecule has 0 aliphatic carbocycles. The zero-order valence-corrected chi connectivity index (χ0v) is 16.2. The summed E-state index contributed by atoms with van der Waals surface area (Å²) in [6, 6.07) is 6.43. The summed E-state index contributed by atoms with van der Waals surface area (Å²) in [5, 5.41) is 0. The minimum absolute atomic E-state index is 0.232. The van der Waals surface area contributed by atoms with Gasteiger partial charge in [-0.05, 0) is 44.2 Å². The Kier molecular flexibility index (Phi) is 6.30. The first kappa shape index (κ1) is 18.9. The highest BCUT2D eigenvalue weighted by molar-refractivity contribution is 5.79. The lowest BCUT2D eigenvalue weighted by molar-refractivity contribution is -0.134. The normalized spacial score (nSPS) is 18.4. The lowest BCUT2D eigenvalue weighted by Gasteiger charge is -2.35. The number of likely N-dealkylation sites (tertiary alicyclic amines) is 1. The van der Waals surface area contributed by atoms with Gasteiger partial charge in [-0.3, -0.25) is 14.5 Å². The summed E-state index contributed by atoms with van der Waals surface area (Å²) in [6.45, 7) is 9.61. The number of amides is 2. The summed E-state index contributed by atoms with van der Waals surface area (Å²) in [5.41, 5.74) is 3.79. The molecule has 2 amide bonds. The van der Waals surface area contributed by atoms with Crippen LogP contribution in [0.15, 0.2) is 18.2 Å². The molecule has 3 rings (SSSR count). The van der Waals surface area contributed by atoms with Crippen molar-refractivity contribution in [2.75, 3.05) is 45.8 Å². The molecule has 0 saturated carbocycles. The highest BCUT2D eigenvalue weighted by Gasteiger charge is 2.25. The van der Waals surface area contributed by atoms with E-state index in [1.165, 1.54) is 16.7 Å². The Hall–Kier alpha value is -1.88. The maximum Gasteiger partial charge on any atom is 0.236 e. The number of nitrogens with zero attached hydrogens (tertiary/aromatic N) is 3. The molecule has 5 heteroatoms. The number of piperazine rings is 1. The molecule has 26 heavy (non-hydrogen) atoms. The van der Waals surface area contributed by atoms with E-state index in [-0.39, 0.29) is 11.8 Å². The average Bonchev–Trinajstić information content (AvgIpc) is 3.16. The predicted octanol–water partition coefficient (Wildman–Crippen LogP) is 2.00. The average molecular weight is 357 g/mol. The zero-order chi connectivity index (χ0) is 18.5. The minimum Gasteiger partial charge on any atom is -0.342 e. The first-order chi connectivity index (χ1) is 12.5. The molecule has 2 fully saturated rings. The molecule has 5 nitrogen and oxygen atoms in total. The standard InChI is InChI=1S/C21H31N3O2/c1-17-5-6-19(18(2)15-17)7-8-20(25)24-13-11-22(12-14-24)16-21(26)23-9-3-4-10-23/h5-6,15H,3-4,7-14,16H2,1-2H3. The molecule has 142 valence electrons. The van der Waals surface area contributed by atoms with Crippen LogP contribution in [0.4, 0.5) is 0 Å². The van der Waals surface area contributed by atoms with Gasteiger partial charge in [-0.15, -0.1) is 0 Å². The van der Waals surface area contributed by atoms with E-state index in [2.05, 4.69) is 36.9 Å². The molecule has 2 saturated heterocycles. The molecule has 0 aromatic heterocycles. The van der Waals surface area contributed by atoms with Gasteiger partial charge in [-0.2, -0.15) is 0 Å². The van der Waals surface area contributed by atoms with Crippen molar-refractivity contribution in [3.63, 3.8) is 0 Å². The summed E-state index contributed by atoms with van der Waals surface area (Å²) >= 11 is 0. The summed E-state index contributed by atoms with van der Waals surface area (Å²) in [6.07, 6.45) is 3.64. The van der Waals surface area contributed by atoms with Gasteiger partial charge >= 0.3 is 0 Å². The number of aryl methyl sites for hydroxylation is 3. The molecule has 0 N–H and O–H groups in total. The molecule has 0 atom stereocenters. The number of hydrogen-bond acceptors (Lipinski definition) is 3. The van der Waals surface area contributed by atoms with Crippen molar-refractivity contribution in [3.8, 4) is 0 Å². The quantitative estimate of drug-likeness (QED) is 0.810. The SMILES string of the molecule is Cc1ccc(CCC(=O)N2CCN(CC(=O)N3CCCC3)CC2)c(C)c1. The van der Waals surface area contributed by atoms with E-state index in [0.29, 0.717) is 13.0 Å². The highest BCUT2D eigenvalue weighted by atomic mass is 16.2. The van der Waals surface area contributed by atoms with E-state index in [1.54, 1.807) is 0 Å². The van der Waals surface area contributed by atoms with Crippen molar-refractivity contribution >= 4 is 11.8 Å². The van der Waals surface area contributed by atoms with Gasteiger partial charge in [0.2, 0.25) is 11.8 Å². The second-order valence-corrected chi connectivity index (χ2v) is 7.67. The fourth-order valence-electron chi connectivity index (χ4n) is 3.94. The van der Waals surface area contributed by atoms with Crippen LogP contribution in [0.2, 0.25) is 0 Å². The van der Waals surface area contributed by atoms with Crippen molar-refractivity contribution in [2.24, 2.45) is 0 Å². The van der Waals surface area contributed by atoms with Crippen molar-refractivity contribution in [2.45, 2.75) is 39.5 Å². The number of benzene rings is 1. The van der Waals surface area contributed by atoms with Crippen molar-refractivity contribution in [1.29, 1.82) is 0 Å². The molecule has 0 bridgehead atoms. The number of hydrogen-bond donors (Lipinski definition) is 0. The highest BCUT2D eigenvalue weighted by Crippen LogP contribution is 2.14. The van der Waals surface area contributed by atoms with E-state index in [0.717, 1.165) is 58.5 Å². The number of rotatable bonds is 5. The third kappa shape index (κ3) is 4.85. The number of carbonyl (C=O) groups excluding carboxylic acids is 2. The predicted molar refractivity (Wildman–Crippen MR) is 103 cm³/mol. The van der Waals surface area contributed by atoms with Crippen LogP contribution in [0.25, 0.3) is 0 Å². The maximum absolute atomic E-state index is 12.5. The van der Waals surface area contributed by atoms with E-state index >= 15 is 0 Å². The van der Waals surface area contributed by atoms with Crippen LogP contribution < -0.4 is 0 Å². The van der Waals surface area contributed by atoms with Crippen LogP contribution in [0.1, 0.15) is 36.0 Å². The second kappa shape index (κ2) is 8.67. The molecule has 2 heterocycles. The molecule has 1 aromatic carbocycles. The lowest BCUT2D eigenvalue weighted by Crippen LogP contribution is -2.51. The maximum atomic E-state index is 12.5. The Morgan fingerprint density at radius 1 is 0.885 bits per heavy atom. The molecule has 2 aliphatic rings. The van der Waals surface area contributed by atoms with E-state index < -0.39 is 0 Å². The largest absolute Gasteiger partial charge is 0.342 e. The van der Waals surface area contributed by atoms with Crippen molar-refractivity contribution in [1.82, 2.24) is 14.7 Å². The molecular formula is C21H31N3O2. The van der Waals surface area contributed by atoms with Gasteiger partial charge in [0.15, 0.2) is 0 Å². The van der Waals surface area contributed by atoms with Crippen LogP contribution in [-0.2, 0) is 16.0 Å². The van der Waals surface area contributed by atoms with Gasteiger partial charge in [-0.25, -0.2) is 0 Å². The number of carbonyl (C=O) groups is 2. The first-order valence-electron chi connectivity index (χ1n) is 9.87. The third-order valence-electron chi connectivity index (χ3n) is 5.65. The van der Waals surface area contributed by atoms with Gasteiger partial charge in [0.05, 0.1) is 6.54 Å².